The van der Waals surface area contributed by atoms with Crippen molar-refractivity contribution in [3.63, 3.8) is 0 Å². The van der Waals surface area contributed by atoms with Crippen LogP contribution in [0.15, 0.2) is 0 Å². The Balaban J connectivity index is 2.55. The molecular formula is C8H15F2NO. The topological polar surface area (TPSA) is 23.5 Å². The van der Waals surface area contributed by atoms with Crippen molar-refractivity contribution in [2.75, 3.05) is 20.1 Å². The summed E-state index contributed by atoms with van der Waals surface area (Å²) in [5.41, 5.74) is -1.73. The van der Waals surface area contributed by atoms with Crippen LogP contribution in [0.25, 0.3) is 0 Å². The van der Waals surface area contributed by atoms with E-state index in [1.165, 1.54) is 0 Å². The second kappa shape index (κ2) is 3.66. The molecule has 0 amide bonds. The van der Waals surface area contributed by atoms with E-state index in [0.717, 1.165) is 6.54 Å². The molecule has 1 atom stereocenters. The summed E-state index contributed by atoms with van der Waals surface area (Å²) in [6, 6.07) is 0. The highest BCUT2D eigenvalue weighted by atomic mass is 19.3. The molecule has 0 saturated carbocycles. The summed E-state index contributed by atoms with van der Waals surface area (Å²) < 4.78 is 24.7. The Kier molecular flexibility index (Phi) is 3.01. The van der Waals surface area contributed by atoms with Crippen LogP contribution in [0.4, 0.5) is 8.78 Å². The standard InChI is InChI=1S/C8H15F2NO/c1-11-5-2-3-8(12,4-6-11)7(9)10/h7,12H,2-6H2,1H3. The molecule has 0 radical (unpaired) electrons. The van der Waals surface area contributed by atoms with Gasteiger partial charge in [-0.2, -0.15) is 0 Å². The average Bonchev–Trinajstić information content (AvgIpc) is 2.15. The fourth-order valence-electron chi connectivity index (χ4n) is 1.49. The molecule has 1 saturated heterocycles. The Bertz CT molecular complexity index is 154. The van der Waals surface area contributed by atoms with Crippen LogP contribution < -0.4 is 0 Å². The van der Waals surface area contributed by atoms with Gasteiger partial charge in [-0.3, -0.25) is 0 Å². The average molecular weight is 179 g/mol. The van der Waals surface area contributed by atoms with Crippen LogP contribution in [0.3, 0.4) is 0 Å². The Morgan fingerprint density at radius 2 is 2.00 bits per heavy atom. The summed E-state index contributed by atoms with van der Waals surface area (Å²) in [5, 5.41) is 9.47. The number of alkyl halides is 2. The van der Waals surface area contributed by atoms with Crippen LogP contribution in [-0.4, -0.2) is 42.2 Å². The predicted molar refractivity (Wildman–Crippen MR) is 42.3 cm³/mol. The monoisotopic (exact) mass is 179 g/mol. The lowest BCUT2D eigenvalue weighted by molar-refractivity contribution is -0.103. The van der Waals surface area contributed by atoms with E-state index in [0.29, 0.717) is 13.0 Å². The molecule has 1 aliphatic rings. The number of likely N-dealkylation sites (tertiary alicyclic amines) is 1. The number of hydrogen-bond acceptors (Lipinski definition) is 2. The summed E-state index contributed by atoms with van der Waals surface area (Å²) in [4.78, 5) is 1.97. The van der Waals surface area contributed by atoms with Gasteiger partial charge in [0.2, 0.25) is 0 Å². The summed E-state index contributed by atoms with van der Waals surface area (Å²) in [5.74, 6) is 0. The van der Waals surface area contributed by atoms with Crippen LogP contribution in [-0.2, 0) is 0 Å². The second-order valence-electron chi connectivity index (χ2n) is 3.56. The maximum Gasteiger partial charge on any atom is 0.266 e. The highest BCUT2D eigenvalue weighted by Gasteiger charge is 2.38. The predicted octanol–water partition coefficient (Wildman–Crippen LogP) is 1.10. The van der Waals surface area contributed by atoms with Crippen LogP contribution in [0.5, 0.6) is 0 Å². The highest BCUT2D eigenvalue weighted by molar-refractivity contribution is 4.84. The third-order valence-electron chi connectivity index (χ3n) is 2.48. The van der Waals surface area contributed by atoms with Gasteiger partial charge in [0.1, 0.15) is 5.60 Å². The SMILES string of the molecule is CN1CCCC(O)(C(F)F)CC1. The summed E-state index contributed by atoms with van der Waals surface area (Å²) in [6.07, 6.45) is -1.56. The van der Waals surface area contributed by atoms with Gasteiger partial charge < -0.3 is 10.0 Å². The molecule has 0 bridgehead atoms. The van der Waals surface area contributed by atoms with E-state index in [1.807, 2.05) is 11.9 Å². The minimum absolute atomic E-state index is 0.182. The van der Waals surface area contributed by atoms with E-state index in [9.17, 15) is 13.9 Å². The quantitative estimate of drug-likeness (QED) is 0.651. The Morgan fingerprint density at radius 3 is 2.58 bits per heavy atom. The minimum atomic E-state index is -2.61. The van der Waals surface area contributed by atoms with Crippen LogP contribution in [0, 0.1) is 0 Å². The van der Waals surface area contributed by atoms with E-state index < -0.39 is 12.0 Å². The molecular weight excluding hydrogens is 164 g/mol. The molecule has 1 unspecified atom stereocenters. The molecule has 1 fully saturated rings. The van der Waals surface area contributed by atoms with Gasteiger partial charge in [0, 0.05) is 6.54 Å². The Morgan fingerprint density at radius 1 is 1.33 bits per heavy atom. The minimum Gasteiger partial charge on any atom is -0.384 e. The first-order valence-corrected chi connectivity index (χ1v) is 4.24. The first kappa shape index (κ1) is 9.86. The fourth-order valence-corrected chi connectivity index (χ4v) is 1.49. The van der Waals surface area contributed by atoms with Crippen molar-refractivity contribution in [1.82, 2.24) is 4.90 Å². The molecule has 4 heteroatoms. The lowest BCUT2D eigenvalue weighted by Crippen LogP contribution is -2.38. The Labute approximate surface area is 71.2 Å². The summed E-state index contributed by atoms with van der Waals surface area (Å²) in [7, 11) is 1.89. The number of aliphatic hydroxyl groups is 1. The second-order valence-corrected chi connectivity index (χ2v) is 3.56. The first-order valence-electron chi connectivity index (χ1n) is 4.24. The van der Waals surface area contributed by atoms with Crippen LogP contribution in [0.1, 0.15) is 19.3 Å². The highest BCUT2D eigenvalue weighted by Crippen LogP contribution is 2.27. The van der Waals surface area contributed by atoms with Gasteiger partial charge >= 0.3 is 0 Å². The lowest BCUT2D eigenvalue weighted by Gasteiger charge is -2.25. The van der Waals surface area contributed by atoms with E-state index in [1.54, 1.807) is 0 Å². The number of nitrogens with zero attached hydrogens (tertiary/aromatic N) is 1. The van der Waals surface area contributed by atoms with Crippen molar-refractivity contribution < 1.29 is 13.9 Å². The van der Waals surface area contributed by atoms with Crippen molar-refractivity contribution >= 4 is 0 Å². The van der Waals surface area contributed by atoms with Gasteiger partial charge in [0.05, 0.1) is 0 Å². The van der Waals surface area contributed by atoms with Crippen molar-refractivity contribution in [3.8, 4) is 0 Å². The number of hydrogen-bond donors (Lipinski definition) is 1. The molecule has 1 aliphatic heterocycles. The van der Waals surface area contributed by atoms with Crippen molar-refractivity contribution in [2.45, 2.75) is 31.3 Å². The number of rotatable bonds is 1. The molecule has 1 heterocycles. The number of halogens is 2. The zero-order chi connectivity index (χ0) is 9.19. The zero-order valence-electron chi connectivity index (χ0n) is 7.26. The maximum absolute atomic E-state index is 12.3. The smallest absolute Gasteiger partial charge is 0.266 e. The molecule has 12 heavy (non-hydrogen) atoms. The molecule has 2 nitrogen and oxygen atoms in total. The molecule has 0 aromatic rings. The fraction of sp³-hybridized carbons (Fsp3) is 1.00. The third kappa shape index (κ3) is 2.14. The van der Waals surface area contributed by atoms with Gasteiger partial charge in [0.15, 0.2) is 0 Å². The van der Waals surface area contributed by atoms with E-state index >= 15 is 0 Å². The molecule has 0 aromatic heterocycles. The van der Waals surface area contributed by atoms with E-state index in [-0.39, 0.29) is 12.8 Å². The van der Waals surface area contributed by atoms with Crippen molar-refractivity contribution in [1.29, 1.82) is 0 Å². The summed E-state index contributed by atoms with van der Waals surface area (Å²) >= 11 is 0. The lowest BCUT2D eigenvalue weighted by atomic mass is 9.96. The van der Waals surface area contributed by atoms with E-state index in [4.69, 9.17) is 0 Å². The Hall–Kier alpha value is -0.220. The van der Waals surface area contributed by atoms with E-state index in [2.05, 4.69) is 0 Å². The summed E-state index contributed by atoms with van der Waals surface area (Å²) in [6.45, 7) is 1.36. The molecule has 1 rings (SSSR count). The van der Waals surface area contributed by atoms with Gasteiger partial charge in [-0.05, 0) is 32.9 Å². The molecule has 0 aliphatic carbocycles. The normalized spacial score (nSPS) is 33.8. The van der Waals surface area contributed by atoms with Gasteiger partial charge in [0.25, 0.3) is 6.43 Å². The van der Waals surface area contributed by atoms with Crippen molar-refractivity contribution in [3.05, 3.63) is 0 Å². The van der Waals surface area contributed by atoms with Crippen molar-refractivity contribution in [2.24, 2.45) is 0 Å². The maximum atomic E-state index is 12.3. The van der Waals surface area contributed by atoms with Gasteiger partial charge in [-0.1, -0.05) is 0 Å². The van der Waals surface area contributed by atoms with Gasteiger partial charge in [-0.15, -0.1) is 0 Å². The third-order valence-corrected chi connectivity index (χ3v) is 2.48. The molecule has 0 spiro atoms. The molecule has 72 valence electrons. The molecule has 1 N–H and O–H groups in total. The zero-order valence-corrected chi connectivity index (χ0v) is 7.26. The first-order chi connectivity index (χ1) is 5.54. The largest absolute Gasteiger partial charge is 0.384 e. The van der Waals surface area contributed by atoms with Crippen LogP contribution >= 0.6 is 0 Å². The molecule has 0 aromatic carbocycles. The van der Waals surface area contributed by atoms with Crippen LogP contribution in [0.2, 0.25) is 0 Å². The van der Waals surface area contributed by atoms with Gasteiger partial charge in [-0.25, -0.2) is 8.78 Å².